The second-order valence-electron chi connectivity index (χ2n) is 6.84. The van der Waals surface area contributed by atoms with Gasteiger partial charge >= 0.3 is 35.7 Å². The number of rotatable bonds is 14. The lowest BCUT2D eigenvalue weighted by Gasteiger charge is -2.39. The summed E-state index contributed by atoms with van der Waals surface area (Å²) in [7, 11) is 0. The highest BCUT2D eigenvalue weighted by Crippen LogP contribution is 2.59. The molecule has 0 amide bonds. The van der Waals surface area contributed by atoms with E-state index in [1.54, 1.807) is 6.92 Å². The van der Waals surface area contributed by atoms with E-state index in [0.717, 1.165) is 0 Å². The molecule has 0 aromatic heterocycles. The molecular formula is C17H21F11O2. The van der Waals surface area contributed by atoms with E-state index in [9.17, 15) is 48.3 Å². The van der Waals surface area contributed by atoms with Gasteiger partial charge in [-0.3, -0.25) is 0 Å². The van der Waals surface area contributed by atoms with Crippen molar-refractivity contribution in [3.8, 4) is 0 Å². The minimum atomic E-state index is -7.37. The van der Waals surface area contributed by atoms with Crippen molar-refractivity contribution in [3.63, 3.8) is 0 Å². The van der Waals surface area contributed by atoms with Crippen molar-refractivity contribution in [2.24, 2.45) is 0 Å². The van der Waals surface area contributed by atoms with Gasteiger partial charge < -0.3 is 9.47 Å². The quantitative estimate of drug-likeness (QED) is 0.196. The average molecular weight is 466 g/mol. The van der Waals surface area contributed by atoms with Gasteiger partial charge in [-0.15, -0.1) is 0 Å². The summed E-state index contributed by atoms with van der Waals surface area (Å²) in [5.74, 6) is -29.7. The summed E-state index contributed by atoms with van der Waals surface area (Å²) >= 11 is 0. The van der Waals surface area contributed by atoms with E-state index in [-0.39, 0.29) is 18.6 Å². The van der Waals surface area contributed by atoms with Crippen molar-refractivity contribution in [2.45, 2.75) is 94.8 Å². The van der Waals surface area contributed by atoms with Gasteiger partial charge in [0.25, 0.3) is 0 Å². The Morgan fingerprint density at radius 1 is 0.767 bits per heavy atom. The Bertz CT molecular complexity index is 617. The third kappa shape index (κ3) is 4.74. The molecule has 1 rings (SSSR count). The molecule has 0 N–H and O–H groups in total. The zero-order chi connectivity index (χ0) is 23.6. The summed E-state index contributed by atoms with van der Waals surface area (Å²) in [6, 6.07) is 0. The predicted molar refractivity (Wildman–Crippen MR) is 82.5 cm³/mol. The maximum absolute atomic E-state index is 13.7. The molecule has 178 valence electrons. The van der Waals surface area contributed by atoms with Crippen molar-refractivity contribution in [3.05, 3.63) is 11.7 Å². The van der Waals surface area contributed by atoms with Crippen LogP contribution in [-0.2, 0) is 9.47 Å². The number of hydrogen-bond acceptors (Lipinski definition) is 2. The lowest BCUT2D eigenvalue weighted by Crippen LogP contribution is -2.69. The third-order valence-corrected chi connectivity index (χ3v) is 4.41. The molecule has 0 aliphatic carbocycles. The van der Waals surface area contributed by atoms with Gasteiger partial charge in [-0.25, -0.2) is 4.39 Å². The standard InChI is InChI=1S/C17H21F11O2/c1-3-5-7-8-10-12(29-10)30-17(27,28)16(25,26)15(23,24)14(21,22)13(19,20)11(18)9-6-4-2/h11H,3-9H2,1-2H3. The molecule has 0 fully saturated rings. The third-order valence-electron chi connectivity index (χ3n) is 4.41. The van der Waals surface area contributed by atoms with Crippen molar-refractivity contribution in [1.82, 2.24) is 0 Å². The number of unbranched alkanes of at least 4 members (excludes halogenated alkanes) is 3. The zero-order valence-corrected chi connectivity index (χ0v) is 16.0. The minimum absolute atomic E-state index is 0.00373. The lowest BCUT2D eigenvalue weighted by atomic mass is 9.93. The molecule has 0 spiro atoms. The SMILES string of the molecule is CCCCCC1=C(OC(F)(F)C(F)(F)C(F)(F)C(F)(F)C(F)(F)C(F)CCCC)O1. The van der Waals surface area contributed by atoms with Gasteiger partial charge in [0.05, 0.1) is 0 Å². The van der Waals surface area contributed by atoms with Crippen LogP contribution in [0.4, 0.5) is 48.3 Å². The van der Waals surface area contributed by atoms with Gasteiger partial charge in [0.1, 0.15) is 0 Å². The number of hydrogen-bond donors (Lipinski definition) is 0. The van der Waals surface area contributed by atoms with Gasteiger partial charge in [0, 0.05) is 6.42 Å². The molecule has 0 saturated carbocycles. The Labute approximate surface area is 165 Å². The van der Waals surface area contributed by atoms with Gasteiger partial charge in [0.2, 0.25) is 0 Å². The van der Waals surface area contributed by atoms with Crippen molar-refractivity contribution >= 4 is 0 Å². The zero-order valence-electron chi connectivity index (χ0n) is 16.0. The summed E-state index contributed by atoms with van der Waals surface area (Å²) in [4.78, 5) is 0. The average Bonchev–Trinajstić information content (AvgIpc) is 3.35. The fourth-order valence-corrected chi connectivity index (χ4v) is 2.38. The second-order valence-corrected chi connectivity index (χ2v) is 6.84. The lowest BCUT2D eigenvalue weighted by molar-refractivity contribution is -0.444. The Balaban J connectivity index is 3.09. The molecule has 0 radical (unpaired) electrons. The van der Waals surface area contributed by atoms with E-state index in [4.69, 9.17) is 0 Å². The van der Waals surface area contributed by atoms with Crippen molar-refractivity contribution < 1.29 is 57.8 Å². The molecule has 1 atom stereocenters. The van der Waals surface area contributed by atoms with E-state index in [1.165, 1.54) is 6.92 Å². The molecule has 13 heteroatoms. The normalized spacial score (nSPS) is 17.1. The van der Waals surface area contributed by atoms with E-state index in [1.807, 2.05) is 0 Å². The van der Waals surface area contributed by atoms with Crippen molar-refractivity contribution in [1.29, 1.82) is 0 Å². The van der Waals surface area contributed by atoms with Gasteiger partial charge in [-0.2, -0.15) is 43.9 Å². The first-order valence-corrected chi connectivity index (χ1v) is 9.14. The van der Waals surface area contributed by atoms with Crippen molar-refractivity contribution in [2.75, 3.05) is 0 Å². The maximum Gasteiger partial charge on any atom is 0.473 e. The van der Waals surface area contributed by atoms with Crippen LogP contribution in [0.15, 0.2) is 11.7 Å². The summed E-state index contributed by atoms with van der Waals surface area (Å²) in [5, 5.41) is 0. The molecule has 0 bridgehead atoms. The highest BCUT2D eigenvalue weighted by molar-refractivity contribution is 5.14. The van der Waals surface area contributed by atoms with Crippen LogP contribution in [0, 0.1) is 0 Å². The first-order valence-electron chi connectivity index (χ1n) is 9.14. The number of halogens is 11. The molecule has 1 aliphatic heterocycles. The van der Waals surface area contributed by atoms with Gasteiger partial charge in [-0.05, 0) is 12.8 Å². The molecule has 1 aliphatic rings. The number of alkyl halides is 11. The van der Waals surface area contributed by atoms with E-state index >= 15 is 0 Å². The summed E-state index contributed by atoms with van der Waals surface area (Å²) < 4.78 is 158. The first kappa shape index (κ1) is 26.6. The molecular weight excluding hydrogens is 445 g/mol. The summed E-state index contributed by atoms with van der Waals surface area (Å²) in [5.41, 5.74) is 0. The second kappa shape index (κ2) is 8.97. The van der Waals surface area contributed by atoms with E-state index in [2.05, 4.69) is 9.47 Å². The predicted octanol–water partition coefficient (Wildman–Crippen LogP) is 7.44. The van der Waals surface area contributed by atoms with Crippen LogP contribution >= 0.6 is 0 Å². The Hall–Kier alpha value is -1.43. The smallest absolute Gasteiger partial charge is 0.421 e. The fourth-order valence-electron chi connectivity index (χ4n) is 2.38. The van der Waals surface area contributed by atoms with Crippen LogP contribution in [-0.4, -0.2) is 36.0 Å². The first-order chi connectivity index (χ1) is 13.5. The highest BCUT2D eigenvalue weighted by Gasteiger charge is 2.88. The molecule has 0 saturated heterocycles. The van der Waals surface area contributed by atoms with Crippen LogP contribution in [0.2, 0.25) is 0 Å². The van der Waals surface area contributed by atoms with Gasteiger partial charge in [-0.1, -0.05) is 39.5 Å². The Morgan fingerprint density at radius 3 is 1.80 bits per heavy atom. The summed E-state index contributed by atoms with van der Waals surface area (Å²) in [6.07, 6.45) is -10.6. The monoisotopic (exact) mass is 466 g/mol. The van der Waals surface area contributed by atoms with Crippen LogP contribution in [0.5, 0.6) is 0 Å². The molecule has 1 unspecified atom stereocenters. The number of allylic oxidation sites excluding steroid dienone is 1. The van der Waals surface area contributed by atoms with Gasteiger partial charge in [0.15, 0.2) is 11.9 Å². The maximum atomic E-state index is 13.7. The fraction of sp³-hybridized carbons (Fsp3) is 0.882. The largest absolute Gasteiger partial charge is 0.473 e. The molecule has 1 heterocycles. The van der Waals surface area contributed by atoms with E-state index in [0.29, 0.717) is 19.3 Å². The Kier molecular flexibility index (Phi) is 7.96. The topological polar surface area (TPSA) is 21.8 Å². The molecule has 30 heavy (non-hydrogen) atoms. The summed E-state index contributed by atoms with van der Waals surface area (Å²) in [6.45, 7) is 3.10. The number of ether oxygens (including phenoxy) is 2. The van der Waals surface area contributed by atoms with Crippen LogP contribution in [0.25, 0.3) is 0 Å². The van der Waals surface area contributed by atoms with Crippen LogP contribution < -0.4 is 0 Å². The molecule has 0 aromatic carbocycles. The van der Waals surface area contributed by atoms with E-state index < -0.39 is 54.8 Å². The minimum Gasteiger partial charge on any atom is -0.421 e. The van der Waals surface area contributed by atoms with Crippen LogP contribution in [0.3, 0.4) is 0 Å². The molecule has 2 nitrogen and oxygen atoms in total. The molecule has 0 aromatic rings. The highest BCUT2D eigenvalue weighted by atomic mass is 19.4. The Morgan fingerprint density at radius 2 is 1.30 bits per heavy atom. The van der Waals surface area contributed by atoms with Crippen LogP contribution in [0.1, 0.15) is 58.8 Å².